The molecule has 2 rings (SSSR count). The van der Waals surface area contributed by atoms with Gasteiger partial charge in [-0.25, -0.2) is 4.39 Å². The molecule has 2 nitrogen and oxygen atoms in total. The molecular formula is C13H11Cl2FN2. The summed E-state index contributed by atoms with van der Waals surface area (Å²) in [6.45, 7) is 0. The molecule has 1 aromatic heterocycles. The number of nitrogens with two attached hydrogens (primary N) is 1. The predicted octanol–water partition coefficient (Wildman–Crippen LogP) is 3.77. The maximum Gasteiger partial charge on any atom is 0.128 e. The van der Waals surface area contributed by atoms with E-state index in [2.05, 4.69) is 4.98 Å². The number of halogens is 3. The maximum atomic E-state index is 13.6. The first kappa shape index (κ1) is 13.3. The molecule has 1 aromatic carbocycles. The topological polar surface area (TPSA) is 38.9 Å². The zero-order valence-electron chi connectivity index (χ0n) is 9.41. The van der Waals surface area contributed by atoms with E-state index in [1.807, 2.05) is 0 Å². The van der Waals surface area contributed by atoms with Gasteiger partial charge in [0.15, 0.2) is 0 Å². The van der Waals surface area contributed by atoms with E-state index in [1.165, 1.54) is 24.4 Å². The Morgan fingerprint density at radius 3 is 2.78 bits per heavy atom. The average Bonchev–Trinajstić information content (AvgIpc) is 2.35. The molecule has 0 bridgehead atoms. The van der Waals surface area contributed by atoms with Crippen LogP contribution < -0.4 is 5.73 Å². The molecule has 1 unspecified atom stereocenters. The van der Waals surface area contributed by atoms with Gasteiger partial charge in [-0.1, -0.05) is 23.2 Å². The minimum atomic E-state index is -0.497. The van der Waals surface area contributed by atoms with Crippen molar-refractivity contribution in [2.45, 2.75) is 12.5 Å². The van der Waals surface area contributed by atoms with Crippen molar-refractivity contribution in [2.75, 3.05) is 0 Å². The summed E-state index contributed by atoms with van der Waals surface area (Å²) in [4.78, 5) is 3.89. The average molecular weight is 285 g/mol. The summed E-state index contributed by atoms with van der Waals surface area (Å²) in [5, 5.41) is 0.984. The number of nitrogens with zero attached hydrogens (tertiary/aromatic N) is 1. The zero-order valence-corrected chi connectivity index (χ0v) is 10.9. The van der Waals surface area contributed by atoms with Gasteiger partial charge < -0.3 is 5.73 Å². The minimum absolute atomic E-state index is 0.364. The standard InChI is InChI=1S/C13H11Cl2FN2/c14-9-1-2-12(16)10(6-9)13(17)5-8-3-4-18-7-11(8)15/h1-4,6-7,13H,5,17H2. The van der Waals surface area contributed by atoms with E-state index >= 15 is 0 Å². The van der Waals surface area contributed by atoms with E-state index in [4.69, 9.17) is 28.9 Å². The molecule has 2 aromatic rings. The lowest BCUT2D eigenvalue weighted by Gasteiger charge is -2.14. The Labute approximate surface area is 115 Å². The summed E-state index contributed by atoms with van der Waals surface area (Å²) in [7, 11) is 0. The molecule has 0 aliphatic rings. The highest BCUT2D eigenvalue weighted by Gasteiger charge is 2.14. The monoisotopic (exact) mass is 284 g/mol. The van der Waals surface area contributed by atoms with Crippen LogP contribution in [0, 0.1) is 5.82 Å². The van der Waals surface area contributed by atoms with Gasteiger partial charge in [0.25, 0.3) is 0 Å². The van der Waals surface area contributed by atoms with Crippen molar-refractivity contribution in [3.8, 4) is 0 Å². The largest absolute Gasteiger partial charge is 0.324 e. The Morgan fingerprint density at radius 2 is 2.06 bits per heavy atom. The van der Waals surface area contributed by atoms with Crippen molar-refractivity contribution in [3.05, 3.63) is 63.6 Å². The SMILES string of the molecule is NC(Cc1ccncc1Cl)c1cc(Cl)ccc1F. The smallest absolute Gasteiger partial charge is 0.128 e. The predicted molar refractivity (Wildman–Crippen MR) is 71.3 cm³/mol. The van der Waals surface area contributed by atoms with Crippen LogP contribution in [0.15, 0.2) is 36.7 Å². The molecule has 94 valence electrons. The maximum absolute atomic E-state index is 13.6. The summed E-state index contributed by atoms with van der Waals surface area (Å²) in [5.74, 6) is -0.364. The van der Waals surface area contributed by atoms with E-state index in [9.17, 15) is 4.39 Å². The second kappa shape index (κ2) is 5.65. The van der Waals surface area contributed by atoms with Crippen LogP contribution in [0.3, 0.4) is 0 Å². The third-order valence-corrected chi connectivity index (χ3v) is 3.23. The molecule has 5 heteroatoms. The third kappa shape index (κ3) is 2.99. The Morgan fingerprint density at radius 1 is 1.28 bits per heavy atom. The van der Waals surface area contributed by atoms with Gasteiger partial charge in [-0.2, -0.15) is 0 Å². The number of benzene rings is 1. The normalized spacial score (nSPS) is 12.4. The number of hydrogen-bond donors (Lipinski definition) is 1. The summed E-state index contributed by atoms with van der Waals surface area (Å²) in [5.41, 5.74) is 7.20. The summed E-state index contributed by atoms with van der Waals surface area (Å²) >= 11 is 11.8. The molecule has 18 heavy (non-hydrogen) atoms. The third-order valence-electron chi connectivity index (χ3n) is 2.65. The Kier molecular flexibility index (Phi) is 4.17. The molecule has 0 saturated carbocycles. The van der Waals surface area contributed by atoms with Crippen LogP contribution in [-0.2, 0) is 6.42 Å². The van der Waals surface area contributed by atoms with Crippen LogP contribution in [-0.4, -0.2) is 4.98 Å². The van der Waals surface area contributed by atoms with Crippen LogP contribution in [0.1, 0.15) is 17.2 Å². The quantitative estimate of drug-likeness (QED) is 0.932. The number of hydrogen-bond acceptors (Lipinski definition) is 2. The summed E-state index contributed by atoms with van der Waals surface area (Å²) < 4.78 is 13.6. The van der Waals surface area contributed by atoms with Gasteiger partial charge >= 0.3 is 0 Å². The molecule has 0 aliphatic carbocycles. The van der Waals surface area contributed by atoms with Crippen LogP contribution in [0.2, 0.25) is 10.0 Å². The van der Waals surface area contributed by atoms with Crippen molar-refractivity contribution in [3.63, 3.8) is 0 Å². The number of aromatic nitrogens is 1. The van der Waals surface area contributed by atoms with Gasteiger partial charge in [-0.15, -0.1) is 0 Å². The highest BCUT2D eigenvalue weighted by molar-refractivity contribution is 6.31. The molecule has 0 aliphatic heterocycles. The van der Waals surface area contributed by atoms with Crippen molar-refractivity contribution in [1.29, 1.82) is 0 Å². The summed E-state index contributed by atoms with van der Waals surface area (Å²) in [6.07, 6.45) is 3.60. The van der Waals surface area contributed by atoms with Gasteiger partial charge in [0, 0.05) is 29.0 Å². The zero-order chi connectivity index (χ0) is 13.1. The minimum Gasteiger partial charge on any atom is -0.324 e. The fourth-order valence-electron chi connectivity index (χ4n) is 1.72. The van der Waals surface area contributed by atoms with E-state index in [0.29, 0.717) is 22.0 Å². The first-order chi connectivity index (χ1) is 8.58. The fourth-order valence-corrected chi connectivity index (χ4v) is 2.09. The Balaban J connectivity index is 2.25. The molecule has 0 saturated heterocycles. The fraction of sp³-hybridized carbons (Fsp3) is 0.154. The molecule has 0 spiro atoms. The molecule has 0 amide bonds. The lowest BCUT2D eigenvalue weighted by molar-refractivity contribution is 0.580. The van der Waals surface area contributed by atoms with Crippen LogP contribution in [0.5, 0.6) is 0 Å². The molecule has 0 fully saturated rings. The van der Waals surface area contributed by atoms with Gasteiger partial charge in [0.05, 0.1) is 5.02 Å². The van der Waals surface area contributed by atoms with Gasteiger partial charge in [0.2, 0.25) is 0 Å². The van der Waals surface area contributed by atoms with Gasteiger partial charge in [0.1, 0.15) is 5.82 Å². The second-order valence-electron chi connectivity index (χ2n) is 3.94. The molecule has 2 N–H and O–H groups in total. The van der Waals surface area contributed by atoms with E-state index in [-0.39, 0.29) is 5.82 Å². The Bertz CT molecular complexity index is 560. The lowest BCUT2D eigenvalue weighted by atomic mass is 10.00. The van der Waals surface area contributed by atoms with Gasteiger partial charge in [-0.05, 0) is 36.2 Å². The Hall–Kier alpha value is -1.16. The number of pyridine rings is 1. The van der Waals surface area contributed by atoms with E-state index < -0.39 is 6.04 Å². The van der Waals surface area contributed by atoms with Crippen molar-refractivity contribution in [1.82, 2.24) is 4.98 Å². The van der Waals surface area contributed by atoms with Crippen molar-refractivity contribution >= 4 is 23.2 Å². The highest BCUT2D eigenvalue weighted by atomic mass is 35.5. The second-order valence-corrected chi connectivity index (χ2v) is 4.79. The van der Waals surface area contributed by atoms with Crippen LogP contribution >= 0.6 is 23.2 Å². The van der Waals surface area contributed by atoms with E-state index in [0.717, 1.165) is 5.56 Å². The first-order valence-corrected chi connectivity index (χ1v) is 6.12. The lowest BCUT2D eigenvalue weighted by Crippen LogP contribution is -2.15. The first-order valence-electron chi connectivity index (χ1n) is 5.37. The van der Waals surface area contributed by atoms with Gasteiger partial charge in [-0.3, -0.25) is 4.98 Å². The summed E-state index contributed by atoms with van der Waals surface area (Å²) in [6, 6.07) is 5.61. The van der Waals surface area contributed by atoms with E-state index in [1.54, 1.807) is 12.3 Å². The molecule has 0 radical (unpaired) electrons. The molecule has 1 atom stereocenters. The van der Waals surface area contributed by atoms with Crippen LogP contribution in [0.4, 0.5) is 4.39 Å². The molecule has 1 heterocycles. The van der Waals surface area contributed by atoms with Crippen molar-refractivity contribution in [2.24, 2.45) is 5.73 Å². The highest BCUT2D eigenvalue weighted by Crippen LogP contribution is 2.25. The molecular weight excluding hydrogens is 274 g/mol. The van der Waals surface area contributed by atoms with Crippen molar-refractivity contribution < 1.29 is 4.39 Å². The van der Waals surface area contributed by atoms with Crippen LogP contribution in [0.25, 0.3) is 0 Å². The number of rotatable bonds is 3.